The summed E-state index contributed by atoms with van der Waals surface area (Å²) in [5.41, 5.74) is 4.09. The number of allylic oxidation sites excluding steroid dienone is 5. The highest BCUT2D eigenvalue weighted by molar-refractivity contribution is 7.10. The Morgan fingerprint density at radius 3 is 1.67 bits per heavy atom. The van der Waals surface area contributed by atoms with Crippen LogP contribution < -0.4 is 10.9 Å². The first kappa shape index (κ1) is 31.8. The number of benzene rings is 5. The third kappa shape index (κ3) is 7.62. The van der Waals surface area contributed by atoms with Gasteiger partial charge in [0.25, 0.3) is 6.71 Å². The monoisotopic (exact) mass is 637 g/mol. The normalized spacial score (nSPS) is 14.2. The highest BCUT2D eigenvalue weighted by Crippen LogP contribution is 2.31. The zero-order chi connectivity index (χ0) is 33.5. The molecule has 8 heteroatoms. The largest absolute Gasteiger partial charge is 0.477 e. The van der Waals surface area contributed by atoms with Crippen molar-refractivity contribution in [1.82, 2.24) is 0 Å². The summed E-state index contributed by atoms with van der Waals surface area (Å²) in [6, 6.07) is 36.0. The van der Waals surface area contributed by atoms with Gasteiger partial charge in [-0.15, -0.1) is 0 Å². The molecule has 5 aromatic rings. The second kappa shape index (κ2) is 14.5. The van der Waals surface area contributed by atoms with Crippen molar-refractivity contribution in [3.05, 3.63) is 203 Å². The van der Waals surface area contributed by atoms with Crippen LogP contribution in [0.2, 0.25) is 0 Å². The molecule has 0 saturated heterocycles. The average Bonchev–Trinajstić information content (AvgIpc) is 3.12. The van der Waals surface area contributed by atoms with Gasteiger partial charge in [-0.25, -0.2) is 18.0 Å². The molecule has 0 aliphatic carbocycles. The van der Waals surface area contributed by atoms with Gasteiger partial charge < -0.3 is 9.84 Å². The summed E-state index contributed by atoms with van der Waals surface area (Å²) in [5, 5.41) is 10.4. The van der Waals surface area contributed by atoms with Crippen molar-refractivity contribution in [3.8, 4) is 0 Å². The van der Waals surface area contributed by atoms with E-state index in [0.29, 0.717) is 28.0 Å². The van der Waals surface area contributed by atoms with Gasteiger partial charge in [0.05, 0.1) is 0 Å². The second-order valence-electron chi connectivity index (χ2n) is 10.9. The zero-order valence-corrected chi connectivity index (χ0v) is 25.4. The van der Waals surface area contributed by atoms with E-state index in [1.54, 1.807) is 24.3 Å². The lowest BCUT2D eigenvalue weighted by molar-refractivity contribution is -0.132. The van der Waals surface area contributed by atoms with Crippen molar-refractivity contribution in [2.24, 2.45) is 4.99 Å². The van der Waals surface area contributed by atoms with Crippen LogP contribution in [0.25, 0.3) is 11.3 Å². The van der Waals surface area contributed by atoms with Gasteiger partial charge >= 0.3 is 5.97 Å². The summed E-state index contributed by atoms with van der Waals surface area (Å²) in [6.45, 7) is -0.768. The molecule has 234 valence electrons. The van der Waals surface area contributed by atoms with Gasteiger partial charge in [0, 0.05) is 11.2 Å². The minimum absolute atomic E-state index is 0.232. The molecular formula is C40H27BF3NO3. The fraction of sp³-hybridized carbons (Fsp3) is 0. The molecule has 0 atom stereocenters. The molecule has 1 heterocycles. The van der Waals surface area contributed by atoms with E-state index >= 15 is 0 Å². The summed E-state index contributed by atoms with van der Waals surface area (Å²) < 4.78 is 48.3. The Morgan fingerprint density at radius 2 is 1.15 bits per heavy atom. The van der Waals surface area contributed by atoms with Gasteiger partial charge in [-0.05, 0) is 77.4 Å². The van der Waals surface area contributed by atoms with E-state index < -0.39 is 30.1 Å². The van der Waals surface area contributed by atoms with Crippen LogP contribution in [0.3, 0.4) is 0 Å². The van der Waals surface area contributed by atoms with E-state index in [1.165, 1.54) is 60.7 Å². The molecule has 0 saturated carbocycles. The zero-order valence-electron chi connectivity index (χ0n) is 25.4. The van der Waals surface area contributed by atoms with Crippen LogP contribution in [0, 0.1) is 17.5 Å². The number of nitrogens with zero attached hydrogens (tertiary/aromatic N) is 1. The van der Waals surface area contributed by atoms with E-state index in [-0.39, 0.29) is 11.3 Å². The fourth-order valence-corrected chi connectivity index (χ4v) is 5.33. The topological polar surface area (TPSA) is 58.9 Å². The number of rotatable bonds is 9. The molecular weight excluding hydrogens is 610 g/mol. The first-order valence-electron chi connectivity index (χ1n) is 15.1. The lowest BCUT2D eigenvalue weighted by Crippen LogP contribution is -2.50. The number of carboxylic acids is 1. The van der Waals surface area contributed by atoms with Gasteiger partial charge in [0.15, 0.2) is 0 Å². The Balaban J connectivity index is 1.50. The lowest BCUT2D eigenvalue weighted by Gasteiger charge is -2.19. The smallest absolute Gasteiger partial charge is 0.354 e. The highest BCUT2D eigenvalue weighted by Gasteiger charge is 2.28. The minimum atomic E-state index is -1.33. The number of aliphatic imine (C=N–C) groups is 1. The van der Waals surface area contributed by atoms with Crippen molar-refractivity contribution < 1.29 is 27.8 Å². The summed E-state index contributed by atoms with van der Waals surface area (Å²) >= 11 is 0. The van der Waals surface area contributed by atoms with Crippen LogP contribution in [-0.4, -0.2) is 23.4 Å². The van der Waals surface area contributed by atoms with E-state index in [0.717, 1.165) is 16.7 Å². The Kier molecular flexibility index (Phi) is 9.63. The molecule has 6 rings (SSSR count). The van der Waals surface area contributed by atoms with Crippen molar-refractivity contribution in [3.63, 3.8) is 0 Å². The third-order valence-corrected chi connectivity index (χ3v) is 7.66. The Morgan fingerprint density at radius 1 is 0.646 bits per heavy atom. The van der Waals surface area contributed by atoms with E-state index in [4.69, 9.17) is 4.74 Å². The number of aliphatic carboxylic acids is 1. The van der Waals surface area contributed by atoms with Crippen LogP contribution in [0.15, 0.2) is 174 Å². The molecule has 5 aromatic carbocycles. The molecule has 1 aliphatic rings. The van der Waals surface area contributed by atoms with E-state index in [1.807, 2.05) is 72.8 Å². The highest BCUT2D eigenvalue weighted by atomic mass is 19.1. The van der Waals surface area contributed by atoms with Crippen molar-refractivity contribution >= 4 is 40.6 Å². The fourth-order valence-electron chi connectivity index (χ4n) is 5.33. The standard InChI is InChI=1S/C40H27BF3NO3/c42-33-17-11-29(12-18-33)39(41(31-13-19-34(43)20-14-31)32-15-21-35(44)22-16-32)45-37(40(46)47)24-23-36-25-30(27-7-3-1-4-8-27)26-38(48-36)28-9-5-2-6-10-28/h1-26H,(H,46,47). The number of carbonyl (C=O) groups is 1. The molecule has 0 amide bonds. The SMILES string of the molecule is O=C(O)C(=CC=C1C=C(c2ccccc2)C=C(c2ccccc2)O1)N=C(B(c1ccc(F)cc1)c1ccc(F)cc1)c1ccc(F)cc1. The van der Waals surface area contributed by atoms with Crippen molar-refractivity contribution in [1.29, 1.82) is 0 Å². The maximum absolute atomic E-state index is 14.1. The molecule has 1 N–H and O–H groups in total. The maximum Gasteiger partial charge on any atom is 0.354 e. The Hall–Kier alpha value is -6.15. The van der Waals surface area contributed by atoms with Crippen LogP contribution in [0.1, 0.15) is 16.7 Å². The Labute approximate surface area is 276 Å². The molecule has 48 heavy (non-hydrogen) atoms. The predicted octanol–water partition coefficient (Wildman–Crippen LogP) is 7.75. The number of halogens is 3. The van der Waals surface area contributed by atoms with Gasteiger partial charge in [-0.3, -0.25) is 4.99 Å². The number of hydrogen-bond acceptors (Lipinski definition) is 3. The van der Waals surface area contributed by atoms with Gasteiger partial charge in [0.1, 0.15) is 34.7 Å². The molecule has 0 aromatic heterocycles. The third-order valence-electron chi connectivity index (χ3n) is 7.66. The Bertz CT molecular complexity index is 2030. The molecule has 0 unspecified atom stereocenters. The predicted molar refractivity (Wildman–Crippen MR) is 184 cm³/mol. The van der Waals surface area contributed by atoms with Crippen LogP contribution in [0.5, 0.6) is 0 Å². The van der Waals surface area contributed by atoms with Crippen LogP contribution >= 0.6 is 0 Å². The molecule has 1 aliphatic heterocycles. The second-order valence-corrected chi connectivity index (χ2v) is 10.9. The van der Waals surface area contributed by atoms with Gasteiger partial charge in [0.2, 0.25) is 0 Å². The summed E-state index contributed by atoms with van der Waals surface area (Å²) in [7, 11) is 0. The van der Waals surface area contributed by atoms with Gasteiger partial charge in [-0.2, -0.15) is 0 Å². The van der Waals surface area contributed by atoms with Gasteiger partial charge in [-0.1, -0.05) is 108 Å². The first-order chi connectivity index (χ1) is 23.3. The molecule has 0 fully saturated rings. The minimum Gasteiger partial charge on any atom is -0.477 e. The van der Waals surface area contributed by atoms with E-state index in [2.05, 4.69) is 4.99 Å². The number of ether oxygens (including phenoxy) is 1. The summed E-state index contributed by atoms with van der Waals surface area (Å²) in [5.74, 6) is -1.79. The van der Waals surface area contributed by atoms with E-state index in [9.17, 15) is 23.1 Å². The number of carboxylic acid groups (broad SMARTS) is 1. The lowest BCUT2D eigenvalue weighted by atomic mass is 9.36. The van der Waals surface area contributed by atoms with Crippen molar-refractivity contribution in [2.75, 3.05) is 0 Å². The quantitative estimate of drug-likeness (QED) is 0.102. The molecule has 4 nitrogen and oxygen atoms in total. The molecule has 0 bridgehead atoms. The van der Waals surface area contributed by atoms with Crippen LogP contribution in [0.4, 0.5) is 13.2 Å². The van der Waals surface area contributed by atoms with Crippen molar-refractivity contribution in [2.45, 2.75) is 0 Å². The average molecular weight is 637 g/mol. The summed E-state index contributed by atoms with van der Waals surface area (Å²) in [6.07, 6.45) is 6.59. The summed E-state index contributed by atoms with van der Waals surface area (Å²) in [4.78, 5) is 17.4. The van der Waals surface area contributed by atoms with Crippen LogP contribution in [-0.2, 0) is 9.53 Å². The number of hydrogen-bond donors (Lipinski definition) is 1. The first-order valence-corrected chi connectivity index (χ1v) is 15.1. The maximum atomic E-state index is 14.1. The molecule has 0 spiro atoms. The molecule has 0 radical (unpaired) electrons.